The predicted molar refractivity (Wildman–Crippen MR) is 155 cm³/mol. The van der Waals surface area contributed by atoms with Crippen molar-refractivity contribution in [2.45, 2.75) is 30.8 Å². The maximum Gasteiger partial charge on any atom is 0.416 e. The molecule has 2 fully saturated rings. The lowest BCUT2D eigenvalue weighted by Crippen LogP contribution is -2.43. The summed E-state index contributed by atoms with van der Waals surface area (Å²) in [5.41, 5.74) is 7.74. The van der Waals surface area contributed by atoms with Crippen LogP contribution in [0.5, 0.6) is 0 Å². The number of carbonyl (C=O) groups is 2. The summed E-state index contributed by atoms with van der Waals surface area (Å²) < 4.78 is 44.5. The van der Waals surface area contributed by atoms with Crippen LogP contribution in [0.25, 0.3) is 6.08 Å². The molecule has 3 aromatic rings. The maximum atomic E-state index is 13.3. The molecule has 3 unspecified atom stereocenters. The van der Waals surface area contributed by atoms with Crippen LogP contribution in [0.4, 0.5) is 30.2 Å². The first kappa shape index (κ1) is 29.3. The largest absolute Gasteiger partial charge is 0.416 e. The highest BCUT2D eigenvalue weighted by Gasteiger charge is 2.38. The van der Waals surface area contributed by atoms with Gasteiger partial charge >= 0.3 is 6.18 Å². The molecular formula is C31H32F3N5O3. The van der Waals surface area contributed by atoms with Crippen molar-refractivity contribution in [3.8, 4) is 0 Å². The Morgan fingerprint density at radius 2 is 1.76 bits per heavy atom. The zero-order valence-electron chi connectivity index (χ0n) is 22.7. The molecule has 11 heteroatoms. The Hall–Kier alpha value is -4.19. The molecular weight excluding hydrogens is 547 g/mol. The number of anilines is 3. The van der Waals surface area contributed by atoms with Gasteiger partial charge in [-0.25, -0.2) is 0 Å². The fourth-order valence-corrected chi connectivity index (χ4v) is 5.18. The lowest BCUT2D eigenvalue weighted by Gasteiger charge is -2.27. The number of para-hydroxylation sites is 2. The van der Waals surface area contributed by atoms with E-state index in [0.29, 0.717) is 36.1 Å². The molecule has 5 N–H and O–H groups in total. The van der Waals surface area contributed by atoms with Crippen LogP contribution in [-0.2, 0) is 20.5 Å². The smallest absolute Gasteiger partial charge is 0.397 e. The molecule has 0 saturated carbocycles. The van der Waals surface area contributed by atoms with E-state index in [1.807, 2.05) is 0 Å². The second-order valence-corrected chi connectivity index (χ2v) is 10.4. The van der Waals surface area contributed by atoms with Gasteiger partial charge in [0.2, 0.25) is 11.8 Å². The SMILES string of the molecule is Nc1ccccc1NC(=O)/C=C/c1ccc(C(NCCN2CC3CC2CO3)C(=O)Nc2ccc(C(F)(F)F)cc2)cc1. The number of nitrogens with one attached hydrogen (secondary N) is 3. The number of hydrogen-bond donors (Lipinski definition) is 4. The van der Waals surface area contributed by atoms with Gasteiger partial charge in [-0.05, 0) is 60.0 Å². The number of alkyl halides is 3. The van der Waals surface area contributed by atoms with Gasteiger partial charge < -0.3 is 26.4 Å². The average molecular weight is 580 g/mol. The molecule has 3 atom stereocenters. The minimum atomic E-state index is -4.46. The van der Waals surface area contributed by atoms with E-state index >= 15 is 0 Å². The van der Waals surface area contributed by atoms with Crippen LogP contribution < -0.4 is 21.7 Å². The van der Waals surface area contributed by atoms with Crippen molar-refractivity contribution in [2.24, 2.45) is 0 Å². The molecule has 2 amide bonds. The molecule has 2 saturated heterocycles. The number of benzene rings is 3. The molecule has 0 aliphatic carbocycles. The highest BCUT2D eigenvalue weighted by Crippen LogP contribution is 2.30. The standard InChI is InChI=1S/C31H32F3N5O3/c32-31(33,34)22-10-12-23(13-11-22)37-30(41)29(36-15-16-39-18-25-17-24(39)19-42-25)21-8-5-20(6-9-21)7-14-28(40)38-27-4-2-1-3-26(27)35/h1-14,24-25,29,36H,15-19,35H2,(H,37,41)(H,38,40)/b14-7+. The summed E-state index contributed by atoms with van der Waals surface area (Å²) in [7, 11) is 0. The fraction of sp³-hybridized carbons (Fsp3) is 0.290. The number of morpholine rings is 1. The molecule has 42 heavy (non-hydrogen) atoms. The van der Waals surface area contributed by atoms with E-state index in [-0.39, 0.29) is 17.7 Å². The number of nitrogens with zero attached hydrogens (tertiary/aromatic N) is 1. The Kier molecular flexibility index (Phi) is 8.91. The molecule has 0 radical (unpaired) electrons. The number of carbonyl (C=O) groups excluding carboxylic acids is 2. The summed E-state index contributed by atoms with van der Waals surface area (Å²) in [6, 6.07) is 18.1. The number of amides is 2. The van der Waals surface area contributed by atoms with Gasteiger partial charge in [0.25, 0.3) is 0 Å². The zero-order valence-corrected chi connectivity index (χ0v) is 22.7. The van der Waals surface area contributed by atoms with E-state index in [2.05, 4.69) is 20.9 Å². The van der Waals surface area contributed by atoms with Crippen molar-refractivity contribution in [3.05, 3.63) is 95.6 Å². The third kappa shape index (κ3) is 7.35. The number of nitrogens with two attached hydrogens (primary N) is 1. The summed E-state index contributed by atoms with van der Waals surface area (Å²) in [5.74, 6) is -0.738. The van der Waals surface area contributed by atoms with E-state index < -0.39 is 23.7 Å². The number of fused-ring (bicyclic) bond motifs is 2. The minimum Gasteiger partial charge on any atom is -0.397 e. The Morgan fingerprint density at radius 1 is 1.02 bits per heavy atom. The summed E-state index contributed by atoms with van der Waals surface area (Å²) in [4.78, 5) is 28.0. The van der Waals surface area contributed by atoms with Crippen molar-refractivity contribution in [3.63, 3.8) is 0 Å². The van der Waals surface area contributed by atoms with Crippen LogP contribution in [-0.4, -0.2) is 55.1 Å². The summed E-state index contributed by atoms with van der Waals surface area (Å²) in [6.07, 6.45) is -0.140. The Labute approximate surface area is 241 Å². The number of ether oxygens (including phenoxy) is 1. The molecule has 8 nitrogen and oxygen atoms in total. The van der Waals surface area contributed by atoms with Crippen LogP contribution in [0.3, 0.4) is 0 Å². The maximum absolute atomic E-state index is 13.3. The van der Waals surface area contributed by atoms with Crippen LogP contribution in [0.2, 0.25) is 0 Å². The van der Waals surface area contributed by atoms with Crippen molar-refractivity contribution < 1.29 is 27.5 Å². The number of rotatable bonds is 10. The van der Waals surface area contributed by atoms with Crippen molar-refractivity contribution in [1.82, 2.24) is 10.2 Å². The molecule has 2 aliphatic heterocycles. The Bertz CT molecular complexity index is 1430. The van der Waals surface area contributed by atoms with Gasteiger partial charge in [-0.15, -0.1) is 0 Å². The van der Waals surface area contributed by atoms with E-state index in [1.165, 1.54) is 18.2 Å². The van der Waals surface area contributed by atoms with Gasteiger partial charge in [0.05, 0.1) is 29.6 Å². The molecule has 5 rings (SSSR count). The molecule has 0 aromatic heterocycles. The number of halogens is 3. The highest BCUT2D eigenvalue weighted by molar-refractivity contribution is 6.03. The van der Waals surface area contributed by atoms with Crippen LogP contribution in [0.1, 0.15) is 29.2 Å². The van der Waals surface area contributed by atoms with Gasteiger partial charge in [-0.2, -0.15) is 13.2 Å². The number of likely N-dealkylation sites (tertiary alicyclic amines) is 1. The van der Waals surface area contributed by atoms with Crippen LogP contribution in [0.15, 0.2) is 78.9 Å². The molecule has 0 spiro atoms. The third-order valence-corrected chi connectivity index (χ3v) is 7.42. The quantitative estimate of drug-likeness (QED) is 0.205. The van der Waals surface area contributed by atoms with E-state index in [9.17, 15) is 22.8 Å². The minimum absolute atomic E-state index is 0.262. The second kappa shape index (κ2) is 12.8. The molecule has 3 aromatic carbocycles. The highest BCUT2D eigenvalue weighted by atomic mass is 19.4. The van der Waals surface area contributed by atoms with Crippen molar-refractivity contribution >= 4 is 35.0 Å². The van der Waals surface area contributed by atoms with Crippen LogP contribution >= 0.6 is 0 Å². The molecule has 2 heterocycles. The lowest BCUT2D eigenvalue weighted by atomic mass is 10.0. The summed E-state index contributed by atoms with van der Waals surface area (Å²) >= 11 is 0. The number of nitrogen functional groups attached to an aromatic ring is 1. The number of hydrogen-bond acceptors (Lipinski definition) is 6. The fourth-order valence-electron chi connectivity index (χ4n) is 5.18. The molecule has 2 bridgehead atoms. The van der Waals surface area contributed by atoms with Crippen molar-refractivity contribution in [1.29, 1.82) is 0 Å². The predicted octanol–water partition coefficient (Wildman–Crippen LogP) is 4.68. The van der Waals surface area contributed by atoms with Crippen molar-refractivity contribution in [2.75, 3.05) is 42.6 Å². The van der Waals surface area contributed by atoms with Gasteiger partial charge in [0.1, 0.15) is 6.04 Å². The summed E-state index contributed by atoms with van der Waals surface area (Å²) in [6.45, 7) is 2.84. The molecule has 220 valence electrons. The van der Waals surface area contributed by atoms with Crippen LogP contribution in [0, 0.1) is 0 Å². The van der Waals surface area contributed by atoms with Gasteiger partial charge in [-0.1, -0.05) is 36.4 Å². The van der Waals surface area contributed by atoms with Gasteiger partial charge in [0.15, 0.2) is 0 Å². The first-order valence-corrected chi connectivity index (χ1v) is 13.7. The zero-order chi connectivity index (χ0) is 29.7. The van der Waals surface area contributed by atoms with Gasteiger partial charge in [0, 0.05) is 37.4 Å². The lowest BCUT2D eigenvalue weighted by molar-refractivity contribution is -0.137. The normalized spacial score (nSPS) is 19.2. The topological polar surface area (TPSA) is 109 Å². The Balaban J connectivity index is 1.25. The van der Waals surface area contributed by atoms with E-state index in [1.54, 1.807) is 54.6 Å². The van der Waals surface area contributed by atoms with E-state index in [4.69, 9.17) is 10.5 Å². The third-order valence-electron chi connectivity index (χ3n) is 7.42. The monoisotopic (exact) mass is 579 g/mol. The summed E-state index contributed by atoms with van der Waals surface area (Å²) in [5, 5.41) is 8.77. The molecule has 2 aliphatic rings. The Morgan fingerprint density at radius 3 is 2.40 bits per heavy atom. The average Bonchev–Trinajstić information content (AvgIpc) is 3.59. The first-order valence-electron chi connectivity index (χ1n) is 13.7. The van der Waals surface area contributed by atoms with E-state index in [0.717, 1.165) is 37.2 Å². The van der Waals surface area contributed by atoms with Gasteiger partial charge in [-0.3, -0.25) is 14.5 Å². The first-order chi connectivity index (χ1) is 20.2. The second-order valence-electron chi connectivity index (χ2n) is 10.4.